The zero-order chi connectivity index (χ0) is 13.8. The second-order valence-electron chi connectivity index (χ2n) is 3.67. The van der Waals surface area contributed by atoms with Crippen LogP contribution in [0.15, 0.2) is 22.8 Å². The van der Waals surface area contributed by atoms with Gasteiger partial charge >= 0.3 is 0 Å². The molecule has 1 heterocycles. The number of carbonyl (C=O) groups is 1. The Morgan fingerprint density at radius 1 is 1.05 bits per heavy atom. The van der Waals surface area contributed by atoms with Crippen molar-refractivity contribution in [2.75, 3.05) is 53.4 Å². The van der Waals surface area contributed by atoms with E-state index in [1.165, 1.54) is 6.26 Å². The molecule has 108 valence electrons. The van der Waals surface area contributed by atoms with Gasteiger partial charge in [-0.2, -0.15) is 0 Å². The molecule has 0 aliphatic carbocycles. The quantitative estimate of drug-likeness (QED) is 0.420. The number of hydrogen-bond acceptors (Lipinski definition) is 6. The predicted octanol–water partition coefficient (Wildman–Crippen LogP) is 1.16. The highest BCUT2D eigenvalue weighted by atomic mass is 16.6. The van der Waals surface area contributed by atoms with Crippen LogP contribution in [0.4, 0.5) is 0 Å². The summed E-state index contributed by atoms with van der Waals surface area (Å²) in [5.74, 6) is 0.139. The van der Waals surface area contributed by atoms with Crippen LogP contribution in [0.2, 0.25) is 0 Å². The fourth-order valence-electron chi connectivity index (χ4n) is 1.26. The summed E-state index contributed by atoms with van der Waals surface area (Å²) in [6, 6.07) is 3.28. The van der Waals surface area contributed by atoms with Crippen LogP contribution in [0.25, 0.3) is 0 Å². The van der Waals surface area contributed by atoms with E-state index in [2.05, 4.69) is 0 Å². The van der Waals surface area contributed by atoms with Gasteiger partial charge in [0.15, 0.2) is 5.76 Å². The highest BCUT2D eigenvalue weighted by Crippen LogP contribution is 2.01. The molecule has 19 heavy (non-hydrogen) atoms. The number of rotatable bonds is 12. The Bertz CT molecular complexity index is 322. The molecule has 0 bridgehead atoms. The third kappa shape index (κ3) is 7.74. The molecule has 0 aliphatic heterocycles. The lowest BCUT2D eigenvalue weighted by Crippen LogP contribution is -2.14. The van der Waals surface area contributed by atoms with Crippen LogP contribution >= 0.6 is 0 Å². The lowest BCUT2D eigenvalue weighted by atomic mass is 10.3. The molecule has 0 aliphatic rings. The van der Waals surface area contributed by atoms with Gasteiger partial charge in [-0.3, -0.25) is 4.79 Å². The van der Waals surface area contributed by atoms with Crippen molar-refractivity contribution >= 4 is 5.78 Å². The monoisotopic (exact) mass is 272 g/mol. The topological polar surface area (TPSA) is 67.1 Å². The molecule has 0 saturated carbocycles. The number of methoxy groups -OCH3 is 1. The highest BCUT2D eigenvalue weighted by Gasteiger charge is 2.07. The van der Waals surface area contributed by atoms with Crippen molar-refractivity contribution in [3.63, 3.8) is 0 Å². The fraction of sp³-hybridized carbons (Fsp3) is 0.615. The molecule has 0 aromatic carbocycles. The molecule has 0 saturated heterocycles. The molecule has 0 N–H and O–H groups in total. The van der Waals surface area contributed by atoms with Gasteiger partial charge < -0.3 is 23.4 Å². The molecule has 0 amide bonds. The second-order valence-corrected chi connectivity index (χ2v) is 3.67. The lowest BCUT2D eigenvalue weighted by Gasteiger charge is -2.05. The Balaban J connectivity index is 1.85. The van der Waals surface area contributed by atoms with Gasteiger partial charge in [-0.15, -0.1) is 0 Å². The Labute approximate surface area is 112 Å². The van der Waals surface area contributed by atoms with E-state index < -0.39 is 0 Å². The molecule has 6 heteroatoms. The summed E-state index contributed by atoms with van der Waals surface area (Å²) < 4.78 is 25.4. The number of furan rings is 1. The van der Waals surface area contributed by atoms with Crippen LogP contribution in [0.1, 0.15) is 10.6 Å². The average molecular weight is 272 g/mol. The third-order valence-corrected chi connectivity index (χ3v) is 2.20. The summed E-state index contributed by atoms with van der Waals surface area (Å²) in [6.07, 6.45) is 1.46. The lowest BCUT2D eigenvalue weighted by molar-refractivity contribution is 0.00468. The first-order valence-corrected chi connectivity index (χ1v) is 6.13. The van der Waals surface area contributed by atoms with Gasteiger partial charge in [0.05, 0.1) is 45.9 Å². The normalized spacial score (nSPS) is 10.8. The second kappa shape index (κ2) is 10.7. The molecule has 0 spiro atoms. The third-order valence-electron chi connectivity index (χ3n) is 2.20. The number of hydrogen-bond donors (Lipinski definition) is 0. The molecule has 1 aromatic rings. The van der Waals surface area contributed by atoms with E-state index in [0.717, 1.165) is 0 Å². The van der Waals surface area contributed by atoms with Crippen molar-refractivity contribution in [1.29, 1.82) is 0 Å². The van der Waals surface area contributed by atoms with Crippen LogP contribution in [-0.2, 0) is 18.9 Å². The molecular formula is C13H20O6. The van der Waals surface area contributed by atoms with E-state index in [4.69, 9.17) is 23.4 Å². The molecule has 0 unspecified atom stereocenters. The van der Waals surface area contributed by atoms with E-state index in [1.807, 2.05) is 0 Å². The smallest absolute Gasteiger partial charge is 0.223 e. The molecule has 1 aromatic heterocycles. The summed E-state index contributed by atoms with van der Waals surface area (Å²) in [6.45, 7) is 2.96. The van der Waals surface area contributed by atoms with Crippen LogP contribution in [0, 0.1) is 0 Å². The standard InChI is InChI=1S/C13H20O6/c1-15-5-6-16-7-8-17-9-10-18-11-12(14)13-3-2-4-19-13/h2-4H,5-11H2,1H3. The van der Waals surface area contributed by atoms with E-state index in [9.17, 15) is 4.79 Å². The van der Waals surface area contributed by atoms with E-state index in [-0.39, 0.29) is 12.4 Å². The van der Waals surface area contributed by atoms with E-state index >= 15 is 0 Å². The largest absolute Gasteiger partial charge is 0.461 e. The zero-order valence-corrected chi connectivity index (χ0v) is 11.1. The molecule has 0 radical (unpaired) electrons. The van der Waals surface area contributed by atoms with Gasteiger partial charge in [0.25, 0.3) is 0 Å². The minimum atomic E-state index is -0.173. The Hall–Kier alpha value is -1.21. The van der Waals surface area contributed by atoms with Gasteiger partial charge in [-0.25, -0.2) is 0 Å². The van der Waals surface area contributed by atoms with E-state index in [1.54, 1.807) is 19.2 Å². The maximum Gasteiger partial charge on any atom is 0.223 e. The molecular weight excluding hydrogens is 252 g/mol. The number of ether oxygens (including phenoxy) is 4. The minimum absolute atomic E-state index is 0.00120. The summed E-state index contributed by atoms with van der Waals surface area (Å²) in [7, 11) is 1.63. The molecule has 6 nitrogen and oxygen atoms in total. The Morgan fingerprint density at radius 2 is 1.68 bits per heavy atom. The predicted molar refractivity (Wildman–Crippen MR) is 67.4 cm³/mol. The molecule has 0 fully saturated rings. The van der Waals surface area contributed by atoms with Gasteiger partial charge in [0.1, 0.15) is 6.61 Å². The number of Topliss-reactive ketones (excluding diaryl/α,β-unsaturated/α-hetero) is 1. The molecule has 0 atom stereocenters. The summed E-state index contributed by atoms with van der Waals surface area (Å²) >= 11 is 0. The Morgan fingerprint density at radius 3 is 2.26 bits per heavy atom. The highest BCUT2D eigenvalue weighted by molar-refractivity contribution is 5.94. The van der Waals surface area contributed by atoms with Crippen LogP contribution in [0.3, 0.4) is 0 Å². The van der Waals surface area contributed by atoms with Gasteiger partial charge in [-0.05, 0) is 12.1 Å². The van der Waals surface area contributed by atoms with Crippen LogP contribution in [0.5, 0.6) is 0 Å². The maximum atomic E-state index is 11.4. The SMILES string of the molecule is COCCOCCOCCOCC(=O)c1ccco1. The summed E-state index contributed by atoms with van der Waals surface area (Å²) in [5, 5.41) is 0. The first kappa shape index (κ1) is 15.8. The zero-order valence-electron chi connectivity index (χ0n) is 11.1. The van der Waals surface area contributed by atoms with Crippen molar-refractivity contribution in [1.82, 2.24) is 0 Å². The van der Waals surface area contributed by atoms with Crippen molar-refractivity contribution < 1.29 is 28.2 Å². The first-order valence-electron chi connectivity index (χ1n) is 6.13. The van der Waals surface area contributed by atoms with Crippen molar-refractivity contribution in [2.24, 2.45) is 0 Å². The van der Waals surface area contributed by atoms with Crippen LogP contribution in [-0.4, -0.2) is 59.1 Å². The van der Waals surface area contributed by atoms with Crippen LogP contribution < -0.4 is 0 Å². The number of carbonyl (C=O) groups excluding carboxylic acids is 1. The average Bonchev–Trinajstić information content (AvgIpc) is 2.95. The first-order chi connectivity index (χ1) is 9.34. The minimum Gasteiger partial charge on any atom is -0.461 e. The fourth-order valence-corrected chi connectivity index (χ4v) is 1.26. The van der Waals surface area contributed by atoms with Gasteiger partial charge in [0, 0.05) is 7.11 Å². The summed E-state index contributed by atoms with van der Waals surface area (Å²) in [5.41, 5.74) is 0. The van der Waals surface area contributed by atoms with Crippen molar-refractivity contribution in [3.05, 3.63) is 24.2 Å². The van der Waals surface area contributed by atoms with Gasteiger partial charge in [0.2, 0.25) is 5.78 Å². The van der Waals surface area contributed by atoms with E-state index in [0.29, 0.717) is 45.4 Å². The summed E-state index contributed by atoms with van der Waals surface area (Å²) in [4.78, 5) is 11.4. The number of ketones is 1. The van der Waals surface area contributed by atoms with Crippen molar-refractivity contribution in [2.45, 2.75) is 0 Å². The van der Waals surface area contributed by atoms with Gasteiger partial charge in [-0.1, -0.05) is 0 Å². The Kier molecular flexibility index (Phi) is 8.91. The molecule has 1 rings (SSSR count). The van der Waals surface area contributed by atoms with Crippen molar-refractivity contribution in [3.8, 4) is 0 Å². The maximum absolute atomic E-state index is 11.4.